The summed E-state index contributed by atoms with van der Waals surface area (Å²) in [7, 11) is -3.68. The molecule has 0 aliphatic heterocycles. The number of benzene rings is 3. The van der Waals surface area contributed by atoms with Crippen LogP contribution in [0.3, 0.4) is 0 Å². The summed E-state index contributed by atoms with van der Waals surface area (Å²) in [5.74, 6) is -0.421. The first kappa shape index (κ1) is 19.6. The first-order chi connectivity index (χ1) is 13.4. The zero-order chi connectivity index (χ0) is 20.0. The second kappa shape index (κ2) is 8.69. The highest BCUT2D eigenvalue weighted by atomic mass is 35.5. The maximum Gasteiger partial charge on any atom is 0.271 e. The summed E-state index contributed by atoms with van der Waals surface area (Å²) in [4.78, 5) is 12.3. The molecule has 28 heavy (non-hydrogen) atoms. The average Bonchev–Trinajstić information content (AvgIpc) is 2.69. The van der Waals surface area contributed by atoms with Crippen LogP contribution in [0.15, 0.2) is 88.9 Å². The van der Waals surface area contributed by atoms with E-state index in [0.717, 1.165) is 5.56 Å². The highest BCUT2D eigenvalue weighted by Gasteiger charge is 2.13. The molecule has 0 saturated heterocycles. The van der Waals surface area contributed by atoms with Crippen molar-refractivity contribution in [2.75, 3.05) is 4.72 Å². The second-order valence-electron chi connectivity index (χ2n) is 5.75. The summed E-state index contributed by atoms with van der Waals surface area (Å²) in [5, 5.41) is 4.46. The fraction of sp³-hybridized carbons (Fsp3) is 0. The van der Waals surface area contributed by atoms with E-state index >= 15 is 0 Å². The molecular weight excluding hydrogens is 398 g/mol. The predicted octanol–water partition coefficient (Wildman–Crippen LogP) is 3.90. The summed E-state index contributed by atoms with van der Waals surface area (Å²) >= 11 is 5.88. The molecule has 0 spiro atoms. The Balaban J connectivity index is 1.63. The Morgan fingerprint density at radius 1 is 0.929 bits per heavy atom. The molecule has 0 aliphatic carbocycles. The van der Waals surface area contributed by atoms with Gasteiger partial charge in [-0.15, -0.1) is 0 Å². The highest BCUT2D eigenvalue weighted by molar-refractivity contribution is 7.92. The molecule has 0 fully saturated rings. The lowest BCUT2D eigenvalue weighted by Crippen LogP contribution is -2.18. The van der Waals surface area contributed by atoms with Crippen LogP contribution in [0, 0.1) is 0 Å². The first-order valence-electron chi connectivity index (χ1n) is 8.21. The number of amides is 1. The Labute approximate surface area is 167 Å². The summed E-state index contributed by atoms with van der Waals surface area (Å²) in [6, 6.07) is 21.1. The Morgan fingerprint density at radius 3 is 2.32 bits per heavy atom. The molecule has 0 atom stereocenters. The molecule has 0 aliphatic rings. The van der Waals surface area contributed by atoms with Crippen molar-refractivity contribution < 1.29 is 13.2 Å². The lowest BCUT2D eigenvalue weighted by Gasteiger charge is -2.08. The maximum atomic E-state index is 12.3. The molecule has 1 amide bonds. The van der Waals surface area contributed by atoms with E-state index in [1.807, 2.05) is 0 Å². The van der Waals surface area contributed by atoms with E-state index in [9.17, 15) is 13.2 Å². The molecule has 0 aromatic heterocycles. The number of nitrogens with zero attached hydrogens (tertiary/aromatic N) is 1. The minimum absolute atomic E-state index is 0.159. The van der Waals surface area contributed by atoms with Gasteiger partial charge in [0.1, 0.15) is 0 Å². The Kier molecular flexibility index (Phi) is 6.08. The van der Waals surface area contributed by atoms with E-state index in [-0.39, 0.29) is 4.90 Å². The number of carbonyl (C=O) groups excluding carboxylic acids is 1. The third-order valence-corrected chi connectivity index (χ3v) is 5.31. The van der Waals surface area contributed by atoms with Crippen molar-refractivity contribution in [2.24, 2.45) is 5.10 Å². The molecule has 8 heteroatoms. The maximum absolute atomic E-state index is 12.3. The number of hydrogen-bond acceptors (Lipinski definition) is 4. The van der Waals surface area contributed by atoms with Crippen molar-refractivity contribution in [2.45, 2.75) is 4.90 Å². The number of carbonyl (C=O) groups is 1. The van der Waals surface area contributed by atoms with Gasteiger partial charge >= 0.3 is 0 Å². The number of sulfonamides is 1. The zero-order valence-electron chi connectivity index (χ0n) is 14.5. The molecule has 0 radical (unpaired) electrons. The lowest BCUT2D eigenvalue weighted by atomic mass is 10.2. The third-order valence-electron chi connectivity index (χ3n) is 3.68. The van der Waals surface area contributed by atoms with Gasteiger partial charge in [-0.25, -0.2) is 13.8 Å². The molecule has 0 unspecified atom stereocenters. The van der Waals surface area contributed by atoms with Gasteiger partial charge in [-0.05, 0) is 54.1 Å². The second-order valence-corrected chi connectivity index (χ2v) is 7.87. The minimum Gasteiger partial charge on any atom is -0.280 e. The highest BCUT2D eigenvalue weighted by Crippen LogP contribution is 2.16. The van der Waals surface area contributed by atoms with Crippen LogP contribution in [0.5, 0.6) is 0 Å². The normalized spacial score (nSPS) is 11.3. The van der Waals surface area contributed by atoms with Crippen LogP contribution < -0.4 is 10.1 Å². The van der Waals surface area contributed by atoms with Crippen LogP contribution in [0.1, 0.15) is 15.9 Å². The van der Waals surface area contributed by atoms with Crippen molar-refractivity contribution in [3.63, 3.8) is 0 Å². The average molecular weight is 414 g/mol. The Bertz CT molecular complexity index is 1100. The van der Waals surface area contributed by atoms with Crippen LogP contribution in [0.4, 0.5) is 5.69 Å². The van der Waals surface area contributed by atoms with Crippen molar-refractivity contribution in [3.8, 4) is 0 Å². The van der Waals surface area contributed by atoms with Gasteiger partial charge in [0.15, 0.2) is 0 Å². The standard InChI is InChI=1S/C20H16ClN3O3S/c21-17-6-4-5-15(13-17)14-22-23-20(25)16-9-11-18(12-10-16)24-28(26,27)19-7-2-1-3-8-19/h1-14,24H,(H,23,25). The molecule has 0 saturated carbocycles. The van der Waals surface area contributed by atoms with E-state index in [4.69, 9.17) is 11.6 Å². The van der Waals surface area contributed by atoms with Crippen molar-refractivity contribution >= 4 is 39.4 Å². The molecule has 3 aromatic carbocycles. The van der Waals surface area contributed by atoms with Crippen molar-refractivity contribution in [3.05, 3.63) is 95.0 Å². The number of halogens is 1. The van der Waals surface area contributed by atoms with Crippen molar-refractivity contribution in [1.29, 1.82) is 0 Å². The molecule has 0 heterocycles. The van der Waals surface area contributed by atoms with Gasteiger partial charge in [0.05, 0.1) is 11.1 Å². The summed E-state index contributed by atoms with van der Waals surface area (Å²) < 4.78 is 27.1. The van der Waals surface area contributed by atoms with Crippen LogP contribution in [-0.2, 0) is 10.0 Å². The number of hydrogen-bond donors (Lipinski definition) is 2. The molecular formula is C20H16ClN3O3S. The summed E-state index contributed by atoms with van der Waals surface area (Å²) in [6.45, 7) is 0. The van der Waals surface area contributed by atoms with Gasteiger partial charge in [-0.1, -0.05) is 41.9 Å². The van der Waals surface area contributed by atoms with Crippen molar-refractivity contribution in [1.82, 2.24) is 5.43 Å². The smallest absolute Gasteiger partial charge is 0.271 e. The molecule has 6 nitrogen and oxygen atoms in total. The topological polar surface area (TPSA) is 87.6 Å². The first-order valence-corrected chi connectivity index (χ1v) is 10.1. The SMILES string of the molecule is O=C(NN=Cc1cccc(Cl)c1)c1ccc(NS(=O)(=O)c2ccccc2)cc1. The number of rotatable bonds is 6. The number of nitrogens with one attached hydrogen (secondary N) is 2. The van der Waals surface area contributed by atoms with Gasteiger partial charge in [0.25, 0.3) is 15.9 Å². The molecule has 0 bridgehead atoms. The minimum atomic E-state index is -3.68. The van der Waals surface area contributed by atoms with E-state index in [1.165, 1.54) is 42.6 Å². The predicted molar refractivity (Wildman–Crippen MR) is 110 cm³/mol. The molecule has 3 aromatic rings. The van der Waals surface area contributed by atoms with E-state index < -0.39 is 15.9 Å². The quantitative estimate of drug-likeness (QED) is 0.474. The van der Waals surface area contributed by atoms with Crippen LogP contribution in [0.25, 0.3) is 0 Å². The molecule has 3 rings (SSSR count). The Hall–Kier alpha value is -3.16. The largest absolute Gasteiger partial charge is 0.280 e. The third kappa shape index (κ3) is 5.18. The van der Waals surface area contributed by atoms with Crippen LogP contribution >= 0.6 is 11.6 Å². The van der Waals surface area contributed by atoms with Gasteiger partial charge in [-0.3, -0.25) is 9.52 Å². The van der Waals surface area contributed by atoms with E-state index in [1.54, 1.807) is 42.5 Å². The number of hydrazone groups is 1. The lowest BCUT2D eigenvalue weighted by molar-refractivity contribution is 0.0955. The molecule has 142 valence electrons. The fourth-order valence-electron chi connectivity index (χ4n) is 2.32. The van der Waals surface area contributed by atoms with Gasteiger partial charge in [-0.2, -0.15) is 5.10 Å². The van der Waals surface area contributed by atoms with E-state index in [2.05, 4.69) is 15.2 Å². The molecule has 2 N–H and O–H groups in total. The zero-order valence-corrected chi connectivity index (χ0v) is 16.1. The van der Waals surface area contributed by atoms with Gasteiger partial charge in [0, 0.05) is 16.3 Å². The van der Waals surface area contributed by atoms with Gasteiger partial charge < -0.3 is 0 Å². The number of anilines is 1. The summed E-state index contributed by atoms with van der Waals surface area (Å²) in [5.41, 5.74) is 3.85. The Morgan fingerprint density at radius 2 is 1.64 bits per heavy atom. The summed E-state index contributed by atoms with van der Waals surface area (Å²) in [6.07, 6.45) is 1.48. The van der Waals surface area contributed by atoms with E-state index in [0.29, 0.717) is 16.3 Å². The van der Waals surface area contributed by atoms with Crippen LogP contribution in [-0.4, -0.2) is 20.5 Å². The van der Waals surface area contributed by atoms with Crippen LogP contribution in [0.2, 0.25) is 5.02 Å². The fourth-order valence-corrected chi connectivity index (χ4v) is 3.60. The van der Waals surface area contributed by atoms with Gasteiger partial charge in [0.2, 0.25) is 0 Å². The monoisotopic (exact) mass is 413 g/mol.